The lowest BCUT2D eigenvalue weighted by Gasteiger charge is -2.19. The molecule has 0 heterocycles. The Morgan fingerprint density at radius 3 is 2.29 bits per heavy atom. The molecule has 0 aliphatic carbocycles. The van der Waals surface area contributed by atoms with Crippen molar-refractivity contribution in [3.8, 4) is 0 Å². The molecule has 1 rings (SSSR count). The predicted molar refractivity (Wildman–Crippen MR) is 60.1 cm³/mol. The zero-order valence-electron chi connectivity index (χ0n) is 9.36. The van der Waals surface area contributed by atoms with Crippen LogP contribution in [-0.2, 0) is 11.3 Å². The maximum absolute atomic E-state index is 5.84. The molecular weight excluding hydrogens is 172 g/mol. The molecule has 0 unspecified atom stereocenters. The van der Waals surface area contributed by atoms with Crippen molar-refractivity contribution >= 4 is 0 Å². The van der Waals surface area contributed by atoms with Crippen LogP contribution in [0.2, 0.25) is 0 Å². The molecular formula is C13H20O. The summed E-state index contributed by atoms with van der Waals surface area (Å²) in [6.07, 6.45) is 1.47. The van der Waals surface area contributed by atoms with E-state index < -0.39 is 0 Å². The van der Waals surface area contributed by atoms with E-state index in [9.17, 15) is 0 Å². The van der Waals surface area contributed by atoms with E-state index in [0.717, 1.165) is 13.0 Å². The lowest BCUT2D eigenvalue weighted by molar-refractivity contribution is 0.00842. The summed E-state index contributed by atoms with van der Waals surface area (Å²) in [5.41, 5.74) is 1.26. The van der Waals surface area contributed by atoms with Crippen molar-refractivity contribution in [1.82, 2.24) is 0 Å². The largest absolute Gasteiger partial charge is 0.373 e. The third-order valence-electron chi connectivity index (χ3n) is 2.45. The van der Waals surface area contributed by atoms with Gasteiger partial charge in [-0.15, -0.1) is 0 Å². The van der Waals surface area contributed by atoms with Gasteiger partial charge in [0.05, 0.1) is 12.7 Å². The highest BCUT2D eigenvalue weighted by molar-refractivity contribution is 5.13. The Morgan fingerprint density at radius 2 is 1.79 bits per heavy atom. The van der Waals surface area contributed by atoms with Gasteiger partial charge in [-0.3, -0.25) is 0 Å². The summed E-state index contributed by atoms with van der Waals surface area (Å²) in [5.74, 6) is 0.601. The van der Waals surface area contributed by atoms with Crippen LogP contribution in [0.4, 0.5) is 0 Å². The summed E-state index contributed by atoms with van der Waals surface area (Å²) >= 11 is 0. The van der Waals surface area contributed by atoms with Gasteiger partial charge in [-0.1, -0.05) is 51.1 Å². The van der Waals surface area contributed by atoms with Crippen LogP contribution in [0.5, 0.6) is 0 Å². The van der Waals surface area contributed by atoms with Crippen molar-refractivity contribution in [2.45, 2.75) is 39.9 Å². The van der Waals surface area contributed by atoms with Crippen LogP contribution in [0.15, 0.2) is 30.3 Å². The highest BCUT2D eigenvalue weighted by Gasteiger charge is 2.10. The third kappa shape index (κ3) is 3.51. The third-order valence-corrected chi connectivity index (χ3v) is 2.45. The Hall–Kier alpha value is -0.820. The van der Waals surface area contributed by atoms with E-state index in [2.05, 4.69) is 45.0 Å². The Bertz CT molecular complexity index is 241. The molecule has 0 amide bonds. The fourth-order valence-electron chi connectivity index (χ4n) is 1.56. The minimum atomic E-state index is 0.384. The zero-order chi connectivity index (χ0) is 10.4. The smallest absolute Gasteiger partial charge is 0.0720 e. The van der Waals surface area contributed by atoms with E-state index in [1.807, 2.05) is 6.07 Å². The number of hydrogen-bond donors (Lipinski definition) is 0. The summed E-state index contributed by atoms with van der Waals surface area (Å²) in [6, 6.07) is 10.3. The van der Waals surface area contributed by atoms with Gasteiger partial charge < -0.3 is 4.74 Å². The summed E-state index contributed by atoms with van der Waals surface area (Å²) in [7, 11) is 0. The Labute approximate surface area is 87.1 Å². The molecule has 0 spiro atoms. The van der Waals surface area contributed by atoms with Crippen molar-refractivity contribution in [3.05, 3.63) is 35.9 Å². The van der Waals surface area contributed by atoms with E-state index in [1.165, 1.54) is 5.56 Å². The molecule has 0 radical (unpaired) electrons. The van der Waals surface area contributed by atoms with Crippen molar-refractivity contribution in [2.24, 2.45) is 5.92 Å². The van der Waals surface area contributed by atoms with Gasteiger partial charge in [0.25, 0.3) is 0 Å². The molecule has 0 saturated carbocycles. The van der Waals surface area contributed by atoms with Crippen molar-refractivity contribution in [2.75, 3.05) is 0 Å². The minimum absolute atomic E-state index is 0.384. The van der Waals surface area contributed by atoms with Crippen LogP contribution in [-0.4, -0.2) is 6.10 Å². The molecule has 1 aromatic rings. The highest BCUT2D eigenvalue weighted by atomic mass is 16.5. The molecule has 0 saturated heterocycles. The SMILES string of the molecule is CC[C@H](OCc1ccccc1)C(C)C. The van der Waals surface area contributed by atoms with E-state index in [0.29, 0.717) is 12.0 Å². The van der Waals surface area contributed by atoms with Gasteiger partial charge in [0.1, 0.15) is 0 Å². The van der Waals surface area contributed by atoms with Gasteiger partial charge >= 0.3 is 0 Å². The van der Waals surface area contributed by atoms with Crippen LogP contribution < -0.4 is 0 Å². The fraction of sp³-hybridized carbons (Fsp3) is 0.538. The first kappa shape index (κ1) is 11.3. The zero-order valence-corrected chi connectivity index (χ0v) is 9.36. The lowest BCUT2D eigenvalue weighted by Crippen LogP contribution is -2.18. The molecule has 1 heteroatoms. The standard InChI is InChI=1S/C13H20O/c1-4-13(11(2)3)14-10-12-8-6-5-7-9-12/h5-9,11,13H,4,10H2,1-3H3/t13-/m0/s1. The second kappa shape index (κ2) is 5.82. The van der Waals surface area contributed by atoms with Crippen LogP contribution in [0, 0.1) is 5.92 Å². The monoisotopic (exact) mass is 192 g/mol. The molecule has 0 aliphatic heterocycles. The van der Waals surface area contributed by atoms with Gasteiger partial charge in [0, 0.05) is 0 Å². The van der Waals surface area contributed by atoms with Gasteiger partial charge in [-0.25, -0.2) is 0 Å². The average molecular weight is 192 g/mol. The maximum Gasteiger partial charge on any atom is 0.0720 e. The second-order valence-electron chi connectivity index (χ2n) is 3.99. The topological polar surface area (TPSA) is 9.23 Å². The van der Waals surface area contributed by atoms with E-state index in [4.69, 9.17) is 4.74 Å². The fourth-order valence-corrected chi connectivity index (χ4v) is 1.56. The first-order valence-corrected chi connectivity index (χ1v) is 5.39. The van der Waals surface area contributed by atoms with Crippen LogP contribution in [0.25, 0.3) is 0 Å². The molecule has 1 aromatic carbocycles. The molecule has 0 aliphatic rings. The van der Waals surface area contributed by atoms with Crippen LogP contribution in [0.3, 0.4) is 0 Å². The maximum atomic E-state index is 5.84. The van der Waals surface area contributed by atoms with Crippen molar-refractivity contribution in [1.29, 1.82) is 0 Å². The Morgan fingerprint density at radius 1 is 1.14 bits per heavy atom. The van der Waals surface area contributed by atoms with E-state index in [-0.39, 0.29) is 0 Å². The molecule has 1 nitrogen and oxygen atoms in total. The Kier molecular flexibility index (Phi) is 4.68. The number of ether oxygens (including phenoxy) is 1. The lowest BCUT2D eigenvalue weighted by atomic mass is 10.1. The molecule has 0 fully saturated rings. The molecule has 0 aromatic heterocycles. The van der Waals surface area contributed by atoms with Crippen LogP contribution >= 0.6 is 0 Å². The van der Waals surface area contributed by atoms with Crippen molar-refractivity contribution in [3.63, 3.8) is 0 Å². The summed E-state index contributed by atoms with van der Waals surface area (Å²) in [6.45, 7) is 7.32. The minimum Gasteiger partial charge on any atom is -0.373 e. The van der Waals surface area contributed by atoms with Crippen molar-refractivity contribution < 1.29 is 4.74 Å². The summed E-state index contributed by atoms with van der Waals surface area (Å²) in [5, 5.41) is 0. The quantitative estimate of drug-likeness (QED) is 0.692. The van der Waals surface area contributed by atoms with Gasteiger partial charge in [0.2, 0.25) is 0 Å². The second-order valence-corrected chi connectivity index (χ2v) is 3.99. The first-order chi connectivity index (χ1) is 6.74. The van der Waals surface area contributed by atoms with E-state index >= 15 is 0 Å². The molecule has 1 atom stereocenters. The van der Waals surface area contributed by atoms with Gasteiger partial charge in [-0.05, 0) is 17.9 Å². The highest BCUT2D eigenvalue weighted by Crippen LogP contribution is 2.12. The molecule has 78 valence electrons. The summed E-state index contributed by atoms with van der Waals surface area (Å²) < 4.78 is 5.84. The predicted octanol–water partition coefficient (Wildman–Crippen LogP) is 3.64. The number of benzene rings is 1. The molecule has 0 bridgehead atoms. The normalized spacial score (nSPS) is 13.1. The average Bonchev–Trinajstić information content (AvgIpc) is 2.20. The molecule has 14 heavy (non-hydrogen) atoms. The van der Waals surface area contributed by atoms with Gasteiger partial charge in [-0.2, -0.15) is 0 Å². The number of rotatable bonds is 5. The first-order valence-electron chi connectivity index (χ1n) is 5.39. The summed E-state index contributed by atoms with van der Waals surface area (Å²) in [4.78, 5) is 0. The van der Waals surface area contributed by atoms with E-state index in [1.54, 1.807) is 0 Å². The number of hydrogen-bond acceptors (Lipinski definition) is 1. The molecule has 0 N–H and O–H groups in total. The van der Waals surface area contributed by atoms with Crippen LogP contribution in [0.1, 0.15) is 32.8 Å². The van der Waals surface area contributed by atoms with Gasteiger partial charge in [0.15, 0.2) is 0 Å². The Balaban J connectivity index is 2.40.